The summed E-state index contributed by atoms with van der Waals surface area (Å²) in [6.07, 6.45) is 7.13. The first-order valence-electron chi connectivity index (χ1n) is 7.69. The Balaban J connectivity index is 1.60. The molecule has 2 aliphatic rings. The molecule has 1 aliphatic heterocycles. The van der Waals surface area contributed by atoms with Crippen molar-refractivity contribution in [3.8, 4) is 0 Å². The highest BCUT2D eigenvalue weighted by Gasteiger charge is 2.29. The summed E-state index contributed by atoms with van der Waals surface area (Å²) < 4.78 is 1.77. The summed E-state index contributed by atoms with van der Waals surface area (Å²) in [4.78, 5) is 17.1. The molecule has 5 nitrogen and oxygen atoms in total. The lowest BCUT2D eigenvalue weighted by atomic mass is 10.1. The summed E-state index contributed by atoms with van der Waals surface area (Å²) in [5.41, 5.74) is 1.70. The number of carbonyl (C=O) groups is 1. The molecule has 110 valence electrons. The van der Waals surface area contributed by atoms with Crippen LogP contribution in [0, 0.1) is 6.92 Å². The first-order valence-corrected chi connectivity index (χ1v) is 7.69. The van der Waals surface area contributed by atoms with E-state index in [0.29, 0.717) is 0 Å². The lowest BCUT2D eigenvalue weighted by Gasteiger charge is -2.38. The van der Waals surface area contributed by atoms with Gasteiger partial charge >= 0.3 is 0 Å². The van der Waals surface area contributed by atoms with Crippen LogP contribution in [0.3, 0.4) is 0 Å². The van der Waals surface area contributed by atoms with Crippen molar-refractivity contribution in [3.63, 3.8) is 0 Å². The molecule has 0 unspecified atom stereocenters. The zero-order valence-corrected chi connectivity index (χ0v) is 12.5. The molecule has 0 atom stereocenters. The van der Waals surface area contributed by atoms with E-state index in [1.165, 1.54) is 25.7 Å². The minimum absolute atomic E-state index is 0.140. The number of piperazine rings is 1. The number of rotatable bonds is 2. The molecular weight excluding hydrogens is 252 g/mol. The predicted octanol–water partition coefficient (Wildman–Crippen LogP) is 1.43. The minimum Gasteiger partial charge on any atom is -0.336 e. The Kier molecular flexibility index (Phi) is 3.78. The molecule has 5 heteroatoms. The molecule has 0 N–H and O–H groups in total. The fourth-order valence-electron chi connectivity index (χ4n) is 3.44. The van der Waals surface area contributed by atoms with E-state index in [9.17, 15) is 4.79 Å². The van der Waals surface area contributed by atoms with Gasteiger partial charge in [-0.05, 0) is 19.8 Å². The van der Waals surface area contributed by atoms with Crippen LogP contribution in [0.25, 0.3) is 0 Å². The van der Waals surface area contributed by atoms with E-state index in [2.05, 4.69) is 10.00 Å². The standard InChI is InChI=1S/C15H24N4O/c1-12-14(11-16-17(12)2)15(20)19-9-7-18(8-10-19)13-5-3-4-6-13/h11,13H,3-10H2,1-2H3. The molecule has 0 spiro atoms. The van der Waals surface area contributed by atoms with Crippen molar-refractivity contribution < 1.29 is 4.79 Å². The van der Waals surface area contributed by atoms with E-state index in [1.54, 1.807) is 10.9 Å². The maximum absolute atomic E-state index is 12.5. The van der Waals surface area contributed by atoms with Gasteiger partial charge in [0, 0.05) is 45.0 Å². The van der Waals surface area contributed by atoms with Gasteiger partial charge in [0.2, 0.25) is 0 Å². The van der Waals surface area contributed by atoms with Crippen LogP contribution in [0.15, 0.2) is 6.20 Å². The molecule has 2 fully saturated rings. The maximum Gasteiger partial charge on any atom is 0.257 e. The fourth-order valence-corrected chi connectivity index (χ4v) is 3.44. The largest absolute Gasteiger partial charge is 0.336 e. The van der Waals surface area contributed by atoms with E-state index in [4.69, 9.17) is 0 Å². The fraction of sp³-hybridized carbons (Fsp3) is 0.733. The Morgan fingerprint density at radius 3 is 2.40 bits per heavy atom. The summed E-state index contributed by atoms with van der Waals surface area (Å²) >= 11 is 0. The molecule has 20 heavy (non-hydrogen) atoms. The third-order valence-corrected chi connectivity index (χ3v) is 4.91. The molecule has 0 radical (unpaired) electrons. The second kappa shape index (κ2) is 5.56. The van der Waals surface area contributed by atoms with Gasteiger partial charge in [-0.15, -0.1) is 0 Å². The van der Waals surface area contributed by atoms with Crippen molar-refractivity contribution in [1.29, 1.82) is 0 Å². The second-order valence-electron chi connectivity index (χ2n) is 6.03. The van der Waals surface area contributed by atoms with Gasteiger partial charge in [-0.3, -0.25) is 14.4 Å². The molecule has 0 aromatic carbocycles. The van der Waals surface area contributed by atoms with Crippen molar-refractivity contribution in [1.82, 2.24) is 19.6 Å². The Morgan fingerprint density at radius 2 is 1.85 bits per heavy atom. The van der Waals surface area contributed by atoms with E-state index in [0.717, 1.165) is 43.5 Å². The lowest BCUT2D eigenvalue weighted by molar-refractivity contribution is 0.0572. The average Bonchev–Trinajstić information content (AvgIpc) is 3.10. The van der Waals surface area contributed by atoms with Crippen molar-refractivity contribution >= 4 is 5.91 Å². The van der Waals surface area contributed by atoms with Gasteiger partial charge in [0.1, 0.15) is 0 Å². The van der Waals surface area contributed by atoms with Gasteiger partial charge in [0.25, 0.3) is 5.91 Å². The lowest BCUT2D eigenvalue weighted by Crippen LogP contribution is -2.51. The van der Waals surface area contributed by atoms with E-state index in [1.807, 2.05) is 18.9 Å². The highest BCUT2D eigenvalue weighted by atomic mass is 16.2. The van der Waals surface area contributed by atoms with Crippen LogP contribution in [0.2, 0.25) is 0 Å². The van der Waals surface area contributed by atoms with Crippen LogP contribution >= 0.6 is 0 Å². The number of amides is 1. The van der Waals surface area contributed by atoms with Gasteiger partial charge in [-0.2, -0.15) is 5.10 Å². The normalized spacial score (nSPS) is 21.6. The Hall–Kier alpha value is -1.36. The van der Waals surface area contributed by atoms with Crippen LogP contribution in [0.1, 0.15) is 41.7 Å². The van der Waals surface area contributed by atoms with Crippen LogP contribution in [0.5, 0.6) is 0 Å². The summed E-state index contributed by atoms with van der Waals surface area (Å²) in [6.45, 7) is 5.70. The Bertz CT molecular complexity index is 482. The number of nitrogens with zero attached hydrogens (tertiary/aromatic N) is 4. The van der Waals surface area contributed by atoms with Gasteiger partial charge in [0.15, 0.2) is 0 Å². The molecule has 1 saturated carbocycles. The predicted molar refractivity (Wildman–Crippen MR) is 77.7 cm³/mol. The first kappa shape index (κ1) is 13.6. The van der Waals surface area contributed by atoms with E-state index < -0.39 is 0 Å². The molecule has 1 saturated heterocycles. The summed E-state index contributed by atoms with van der Waals surface area (Å²) in [5.74, 6) is 0.140. The van der Waals surface area contributed by atoms with Crippen LogP contribution < -0.4 is 0 Å². The smallest absolute Gasteiger partial charge is 0.257 e. The molecule has 1 aliphatic carbocycles. The van der Waals surface area contributed by atoms with Gasteiger partial charge in [-0.25, -0.2) is 0 Å². The van der Waals surface area contributed by atoms with Gasteiger partial charge in [-0.1, -0.05) is 12.8 Å². The van der Waals surface area contributed by atoms with Crippen molar-refractivity contribution in [2.45, 2.75) is 38.6 Å². The van der Waals surface area contributed by atoms with Gasteiger partial charge in [0.05, 0.1) is 11.8 Å². The van der Waals surface area contributed by atoms with E-state index in [-0.39, 0.29) is 5.91 Å². The number of aryl methyl sites for hydroxylation is 1. The molecule has 0 bridgehead atoms. The topological polar surface area (TPSA) is 41.4 Å². The van der Waals surface area contributed by atoms with E-state index >= 15 is 0 Å². The zero-order chi connectivity index (χ0) is 14.1. The highest BCUT2D eigenvalue weighted by Crippen LogP contribution is 2.24. The average molecular weight is 276 g/mol. The van der Waals surface area contributed by atoms with Crippen molar-refractivity contribution in [2.75, 3.05) is 26.2 Å². The van der Waals surface area contributed by atoms with Crippen LogP contribution in [0.4, 0.5) is 0 Å². The molecule has 1 aromatic rings. The number of hydrogen-bond acceptors (Lipinski definition) is 3. The van der Waals surface area contributed by atoms with Crippen molar-refractivity contribution in [3.05, 3.63) is 17.5 Å². The SMILES string of the molecule is Cc1c(C(=O)N2CCN(C3CCCC3)CC2)cnn1C. The number of aromatic nitrogens is 2. The summed E-state index contributed by atoms with van der Waals surface area (Å²) in [6, 6.07) is 0.771. The van der Waals surface area contributed by atoms with Crippen LogP contribution in [-0.4, -0.2) is 57.7 Å². The number of hydrogen-bond donors (Lipinski definition) is 0. The molecular formula is C15H24N4O. The quantitative estimate of drug-likeness (QED) is 0.820. The molecule has 3 rings (SSSR count). The Labute approximate surface area is 120 Å². The summed E-state index contributed by atoms with van der Waals surface area (Å²) in [7, 11) is 1.88. The number of carbonyl (C=O) groups excluding carboxylic acids is 1. The van der Waals surface area contributed by atoms with Crippen molar-refractivity contribution in [2.24, 2.45) is 7.05 Å². The molecule has 1 aromatic heterocycles. The first-order chi connectivity index (χ1) is 9.66. The third kappa shape index (κ3) is 2.46. The minimum atomic E-state index is 0.140. The molecule has 1 amide bonds. The van der Waals surface area contributed by atoms with Crippen LogP contribution in [-0.2, 0) is 7.05 Å². The molecule has 2 heterocycles. The third-order valence-electron chi connectivity index (χ3n) is 4.91. The van der Waals surface area contributed by atoms with Gasteiger partial charge < -0.3 is 4.90 Å². The summed E-state index contributed by atoms with van der Waals surface area (Å²) in [5, 5.41) is 4.17. The second-order valence-corrected chi connectivity index (χ2v) is 6.03. The maximum atomic E-state index is 12.5. The monoisotopic (exact) mass is 276 g/mol. The highest BCUT2D eigenvalue weighted by molar-refractivity contribution is 5.95. The zero-order valence-electron chi connectivity index (χ0n) is 12.5. The Morgan fingerprint density at radius 1 is 1.20 bits per heavy atom.